The zero-order valence-electron chi connectivity index (χ0n) is 15.4. The van der Waals surface area contributed by atoms with Gasteiger partial charge < -0.3 is 15.8 Å². The van der Waals surface area contributed by atoms with Gasteiger partial charge in [0.05, 0.1) is 11.9 Å². The first-order valence-corrected chi connectivity index (χ1v) is 10.3. The van der Waals surface area contributed by atoms with Crippen molar-refractivity contribution >= 4 is 29.3 Å². The number of aromatic nitrogens is 5. The smallest absolute Gasteiger partial charge is 0.404 e. The maximum atomic E-state index is 10.9. The third-order valence-electron chi connectivity index (χ3n) is 4.78. The highest BCUT2D eigenvalue weighted by molar-refractivity contribution is 7.98. The summed E-state index contributed by atoms with van der Waals surface area (Å²) >= 11 is 1.50. The van der Waals surface area contributed by atoms with Crippen molar-refractivity contribution in [3.05, 3.63) is 30.7 Å². The minimum absolute atomic E-state index is 0.0875. The fourth-order valence-corrected chi connectivity index (χ4v) is 3.72. The Morgan fingerprint density at radius 3 is 2.61 bits per heavy atom. The van der Waals surface area contributed by atoms with Crippen LogP contribution in [0.2, 0.25) is 0 Å². The molecule has 1 aliphatic carbocycles. The molecule has 10 heteroatoms. The Hall–Kier alpha value is -2.88. The van der Waals surface area contributed by atoms with Crippen LogP contribution in [0, 0.1) is 0 Å². The number of amides is 1. The molecule has 1 fully saturated rings. The Bertz CT molecular complexity index is 968. The van der Waals surface area contributed by atoms with Gasteiger partial charge in [-0.15, -0.1) is 5.10 Å². The number of nitrogens with two attached hydrogens (primary N) is 1. The third-order valence-corrected chi connectivity index (χ3v) is 5.35. The maximum absolute atomic E-state index is 10.9. The van der Waals surface area contributed by atoms with E-state index in [2.05, 4.69) is 20.3 Å². The predicted octanol–water partition coefficient (Wildman–Crippen LogP) is 2.73. The number of nitrogens with one attached hydrogen (secondary N) is 1. The van der Waals surface area contributed by atoms with Crippen molar-refractivity contribution in [1.82, 2.24) is 24.6 Å². The summed E-state index contributed by atoms with van der Waals surface area (Å²) in [6.45, 7) is 0. The molecule has 1 amide bonds. The molecular formula is C18H21N7O2S. The highest BCUT2D eigenvalue weighted by atomic mass is 32.2. The quantitative estimate of drug-likeness (QED) is 0.496. The monoisotopic (exact) mass is 399 g/mol. The molecule has 3 aromatic rings. The van der Waals surface area contributed by atoms with Gasteiger partial charge in [0.1, 0.15) is 11.9 Å². The summed E-state index contributed by atoms with van der Waals surface area (Å²) in [7, 11) is 0. The lowest BCUT2D eigenvalue weighted by atomic mass is 9.93. The van der Waals surface area contributed by atoms with E-state index in [9.17, 15) is 4.79 Å². The van der Waals surface area contributed by atoms with E-state index in [-0.39, 0.29) is 12.1 Å². The molecule has 4 rings (SSSR count). The van der Waals surface area contributed by atoms with Gasteiger partial charge >= 0.3 is 6.09 Å². The first-order valence-electron chi connectivity index (χ1n) is 9.06. The van der Waals surface area contributed by atoms with Crippen LogP contribution in [0.15, 0.2) is 35.9 Å². The minimum Gasteiger partial charge on any atom is -0.446 e. The number of ether oxygens (including phenoxy) is 1. The van der Waals surface area contributed by atoms with Gasteiger partial charge in [-0.1, -0.05) is 11.8 Å². The number of carbonyl (C=O) groups is 1. The van der Waals surface area contributed by atoms with Crippen LogP contribution in [-0.2, 0) is 4.74 Å². The fourth-order valence-electron chi connectivity index (χ4n) is 3.40. The van der Waals surface area contributed by atoms with Gasteiger partial charge in [0.25, 0.3) is 0 Å². The first-order chi connectivity index (χ1) is 13.6. The summed E-state index contributed by atoms with van der Waals surface area (Å²) in [5.41, 5.74) is 7.55. The van der Waals surface area contributed by atoms with E-state index in [0.717, 1.165) is 53.6 Å². The molecule has 0 radical (unpaired) electrons. The topological polar surface area (TPSA) is 120 Å². The van der Waals surface area contributed by atoms with Crippen LogP contribution in [0.1, 0.15) is 25.7 Å². The molecule has 0 atom stereocenters. The summed E-state index contributed by atoms with van der Waals surface area (Å²) < 4.78 is 6.88. The van der Waals surface area contributed by atoms with Crippen molar-refractivity contribution in [1.29, 1.82) is 0 Å². The van der Waals surface area contributed by atoms with Crippen molar-refractivity contribution in [2.45, 2.75) is 43.0 Å². The van der Waals surface area contributed by atoms with E-state index in [0.29, 0.717) is 0 Å². The molecule has 0 saturated heterocycles. The number of nitrogens with zero attached hydrogens (tertiary/aromatic N) is 5. The molecule has 3 N–H and O–H groups in total. The summed E-state index contributed by atoms with van der Waals surface area (Å²) in [5.74, 6) is 0.771. The van der Waals surface area contributed by atoms with E-state index in [1.807, 2.05) is 18.4 Å². The van der Waals surface area contributed by atoms with Gasteiger partial charge in [0.2, 0.25) is 0 Å². The zero-order valence-corrected chi connectivity index (χ0v) is 16.2. The van der Waals surface area contributed by atoms with E-state index >= 15 is 0 Å². The van der Waals surface area contributed by atoms with Crippen molar-refractivity contribution in [2.24, 2.45) is 5.73 Å². The number of anilines is 1. The molecule has 0 unspecified atom stereocenters. The molecule has 3 heterocycles. The number of imidazole rings is 1. The molecular weight excluding hydrogens is 378 g/mol. The maximum Gasteiger partial charge on any atom is 0.404 e. The van der Waals surface area contributed by atoms with Crippen LogP contribution in [0.25, 0.3) is 16.9 Å². The van der Waals surface area contributed by atoms with Crippen LogP contribution in [0.3, 0.4) is 0 Å². The second-order valence-corrected chi connectivity index (χ2v) is 7.42. The van der Waals surface area contributed by atoms with Crippen LogP contribution >= 0.6 is 11.8 Å². The Labute approximate surface area is 166 Å². The second kappa shape index (κ2) is 8.01. The van der Waals surface area contributed by atoms with Crippen molar-refractivity contribution in [3.63, 3.8) is 0 Å². The first kappa shape index (κ1) is 18.5. The van der Waals surface area contributed by atoms with Gasteiger partial charge in [-0.05, 0) is 44.1 Å². The lowest BCUT2D eigenvalue weighted by molar-refractivity contribution is 0.0805. The van der Waals surface area contributed by atoms with Gasteiger partial charge in [-0.3, -0.25) is 0 Å². The Balaban J connectivity index is 1.49. The molecule has 28 heavy (non-hydrogen) atoms. The highest BCUT2D eigenvalue weighted by Crippen LogP contribution is 2.25. The highest BCUT2D eigenvalue weighted by Gasteiger charge is 2.23. The lowest BCUT2D eigenvalue weighted by Crippen LogP contribution is -2.32. The van der Waals surface area contributed by atoms with Crippen LogP contribution in [0.4, 0.5) is 10.6 Å². The number of hydrogen-bond acceptors (Lipinski definition) is 8. The zero-order chi connectivity index (χ0) is 19.5. The van der Waals surface area contributed by atoms with Crippen LogP contribution in [-0.4, -0.2) is 49.1 Å². The van der Waals surface area contributed by atoms with Gasteiger partial charge in [0.15, 0.2) is 10.8 Å². The van der Waals surface area contributed by atoms with Gasteiger partial charge in [0, 0.05) is 24.0 Å². The second-order valence-electron chi connectivity index (χ2n) is 6.65. The lowest BCUT2D eigenvalue weighted by Gasteiger charge is -2.28. The summed E-state index contributed by atoms with van der Waals surface area (Å²) in [5, 5.41) is 8.89. The predicted molar refractivity (Wildman–Crippen MR) is 106 cm³/mol. The van der Waals surface area contributed by atoms with E-state index < -0.39 is 6.09 Å². The van der Waals surface area contributed by atoms with E-state index in [4.69, 9.17) is 15.6 Å². The summed E-state index contributed by atoms with van der Waals surface area (Å²) in [6, 6.07) is 4.12. The SMILES string of the molecule is CSc1ncc(-c2cnc3ccc(N[C@H]4CC[C@H](OC(N)=O)CC4)nn23)cn1. The largest absolute Gasteiger partial charge is 0.446 e. The molecule has 1 aliphatic rings. The van der Waals surface area contributed by atoms with E-state index in [1.165, 1.54) is 11.8 Å². The number of thioether (sulfide) groups is 1. The standard InChI is InChI=1S/C18H21N7O2S/c1-28-18-21-8-11(9-22-18)14-10-20-16-7-6-15(24-25(14)16)23-12-2-4-13(5-3-12)27-17(19)26/h6-10,12-13H,2-5H2,1H3,(H2,19,26)(H,23,24)/t12-,13-. The van der Waals surface area contributed by atoms with E-state index in [1.54, 1.807) is 23.1 Å². The minimum atomic E-state index is -0.703. The number of hydrogen-bond donors (Lipinski definition) is 2. The number of primary amides is 1. The summed E-state index contributed by atoms with van der Waals surface area (Å²) in [6.07, 6.45) is 9.84. The van der Waals surface area contributed by atoms with Crippen LogP contribution < -0.4 is 11.1 Å². The average molecular weight is 399 g/mol. The normalized spacial score (nSPS) is 19.5. The fraction of sp³-hybridized carbons (Fsp3) is 0.389. The molecule has 0 aromatic carbocycles. The molecule has 1 saturated carbocycles. The molecule has 0 aliphatic heterocycles. The van der Waals surface area contributed by atoms with Gasteiger partial charge in [-0.2, -0.15) is 0 Å². The molecule has 0 bridgehead atoms. The molecule has 9 nitrogen and oxygen atoms in total. The van der Waals surface area contributed by atoms with Crippen molar-refractivity contribution in [3.8, 4) is 11.3 Å². The molecule has 0 spiro atoms. The average Bonchev–Trinajstić information content (AvgIpc) is 3.12. The number of carbonyl (C=O) groups excluding carboxylic acids is 1. The summed E-state index contributed by atoms with van der Waals surface area (Å²) in [4.78, 5) is 23.9. The Morgan fingerprint density at radius 2 is 1.93 bits per heavy atom. The van der Waals surface area contributed by atoms with Crippen molar-refractivity contribution < 1.29 is 9.53 Å². The van der Waals surface area contributed by atoms with Crippen molar-refractivity contribution in [2.75, 3.05) is 11.6 Å². The van der Waals surface area contributed by atoms with Gasteiger partial charge in [-0.25, -0.2) is 24.3 Å². The third kappa shape index (κ3) is 4.01. The number of fused-ring (bicyclic) bond motifs is 1. The Morgan fingerprint density at radius 1 is 1.18 bits per heavy atom. The number of rotatable bonds is 5. The Kier molecular flexibility index (Phi) is 5.29. The molecule has 3 aromatic heterocycles. The molecule has 146 valence electrons. The van der Waals surface area contributed by atoms with Crippen LogP contribution in [0.5, 0.6) is 0 Å².